The fraction of sp³-hybridized carbons (Fsp3) is 0.452. The van der Waals surface area contributed by atoms with Crippen LogP contribution in [0.25, 0.3) is 33.3 Å². The van der Waals surface area contributed by atoms with Crippen LogP contribution in [0.15, 0.2) is 40.8 Å². The van der Waals surface area contributed by atoms with E-state index in [0.29, 0.717) is 46.1 Å². The molecule has 218 valence electrons. The number of carbonyl (C=O) groups excluding carboxylic acids is 1. The number of halogens is 1. The third-order valence-electron chi connectivity index (χ3n) is 8.00. The fourth-order valence-corrected chi connectivity index (χ4v) is 6.02. The normalized spacial score (nSPS) is 19.3. The first-order valence-corrected chi connectivity index (χ1v) is 14.2. The van der Waals surface area contributed by atoms with E-state index in [2.05, 4.69) is 10.6 Å². The van der Waals surface area contributed by atoms with Crippen LogP contribution in [-0.4, -0.2) is 77.8 Å². The van der Waals surface area contributed by atoms with Gasteiger partial charge in [0.25, 0.3) is 5.91 Å². The largest absolute Gasteiger partial charge is 0.496 e. The summed E-state index contributed by atoms with van der Waals surface area (Å²) in [6, 6.07) is 10.8. The zero-order chi connectivity index (χ0) is 28.7. The van der Waals surface area contributed by atoms with Gasteiger partial charge in [-0.25, -0.2) is 4.39 Å². The van der Waals surface area contributed by atoms with Gasteiger partial charge in [-0.05, 0) is 49.4 Å². The maximum absolute atomic E-state index is 14.2. The first kappa shape index (κ1) is 27.6. The molecular weight excluding hydrogens is 529 g/mol. The second kappa shape index (κ2) is 11.3. The molecular formula is C31H36FN3O6. The summed E-state index contributed by atoms with van der Waals surface area (Å²) in [5, 5.41) is 21.1. The number of alkyl halides is 1. The number of nitrogens with two attached hydrogens (primary N) is 1. The quantitative estimate of drug-likeness (QED) is 0.267. The number of likely N-dealkylation sites (tertiary alicyclic amines) is 1. The van der Waals surface area contributed by atoms with Crippen LogP contribution >= 0.6 is 0 Å². The summed E-state index contributed by atoms with van der Waals surface area (Å²) in [7, 11) is 1.53. The number of aromatic nitrogens is 1. The van der Waals surface area contributed by atoms with Crippen molar-refractivity contribution < 1.29 is 33.3 Å². The van der Waals surface area contributed by atoms with Crippen molar-refractivity contribution in [2.45, 2.75) is 44.4 Å². The first-order chi connectivity index (χ1) is 19.9. The highest BCUT2D eigenvalue weighted by atomic mass is 19.1. The summed E-state index contributed by atoms with van der Waals surface area (Å²) >= 11 is 0. The van der Waals surface area contributed by atoms with Crippen molar-refractivity contribution in [2.75, 3.05) is 40.0 Å². The van der Waals surface area contributed by atoms with E-state index in [9.17, 15) is 19.4 Å². The molecule has 2 fully saturated rings. The van der Waals surface area contributed by atoms with Crippen molar-refractivity contribution in [3.05, 3.63) is 47.5 Å². The number of rotatable bonds is 10. The average Bonchev–Trinajstić information content (AvgIpc) is 3.61. The number of hydrogen-bond acceptors (Lipinski definition) is 7. The lowest BCUT2D eigenvalue weighted by atomic mass is 10.0. The van der Waals surface area contributed by atoms with Gasteiger partial charge in [-0.3, -0.25) is 4.79 Å². The zero-order valence-electron chi connectivity index (χ0n) is 23.1. The Morgan fingerprint density at radius 1 is 1.15 bits per heavy atom. The molecule has 2 aliphatic rings. The number of para-hydroxylation sites is 1. The Bertz CT molecular complexity index is 1570. The molecule has 2 atom stereocenters. The molecule has 6 rings (SSSR count). The third-order valence-corrected chi connectivity index (χ3v) is 8.00. The minimum Gasteiger partial charge on any atom is -0.496 e. The summed E-state index contributed by atoms with van der Waals surface area (Å²) in [6.45, 7) is 1.03. The number of aliphatic hydroxyl groups excluding tert-OH is 2. The number of methoxy groups -OCH3 is 1. The van der Waals surface area contributed by atoms with E-state index in [0.717, 1.165) is 41.5 Å². The van der Waals surface area contributed by atoms with Gasteiger partial charge in [0, 0.05) is 48.7 Å². The van der Waals surface area contributed by atoms with Crippen LogP contribution < -0.4 is 15.2 Å². The Labute approximate surface area is 237 Å². The van der Waals surface area contributed by atoms with Crippen LogP contribution in [0.4, 0.5) is 4.39 Å². The molecule has 4 aromatic rings. The Balaban J connectivity index is 1.51. The van der Waals surface area contributed by atoms with Crippen LogP contribution in [0.5, 0.6) is 11.5 Å². The predicted octanol–water partition coefficient (Wildman–Crippen LogP) is 3.89. The molecule has 3 heterocycles. The van der Waals surface area contributed by atoms with Crippen molar-refractivity contribution in [1.29, 1.82) is 0 Å². The van der Waals surface area contributed by atoms with Gasteiger partial charge in [0.1, 0.15) is 29.9 Å². The van der Waals surface area contributed by atoms with E-state index in [4.69, 9.17) is 19.6 Å². The standard InChI is InChI=1S/C31H36FN3O6/c1-39-26-12-20(31(38)34-16-21(32)14-22(33)17-34)13-27-28(26)23(7-8-36)30(41-27)24-11-19-3-2-4-25(40-10-9-37)29(19)35(24)15-18-5-6-18/h2-4,11-13,18,21-22,36-37H,5-10,14-17,33H2,1H3/t21-,22-/m1/s1. The molecule has 1 aliphatic heterocycles. The number of ether oxygens (including phenoxy) is 2. The van der Waals surface area contributed by atoms with Crippen LogP contribution in [0.3, 0.4) is 0 Å². The highest BCUT2D eigenvalue weighted by Gasteiger charge is 2.31. The second-order valence-corrected chi connectivity index (χ2v) is 11.1. The Morgan fingerprint density at radius 2 is 1.98 bits per heavy atom. The molecule has 10 heteroatoms. The summed E-state index contributed by atoms with van der Waals surface area (Å²) in [4.78, 5) is 14.9. The molecule has 4 N–H and O–H groups in total. The molecule has 2 aromatic carbocycles. The zero-order valence-corrected chi connectivity index (χ0v) is 23.1. The minimum absolute atomic E-state index is 0.00594. The molecule has 1 saturated carbocycles. The Kier molecular flexibility index (Phi) is 7.63. The summed E-state index contributed by atoms with van der Waals surface area (Å²) < 4.78 is 34.6. The molecule has 9 nitrogen and oxygen atoms in total. The average molecular weight is 566 g/mol. The molecule has 1 amide bonds. The first-order valence-electron chi connectivity index (χ1n) is 14.2. The number of furan rings is 1. The molecule has 0 radical (unpaired) electrons. The Morgan fingerprint density at radius 3 is 2.68 bits per heavy atom. The highest BCUT2D eigenvalue weighted by Crippen LogP contribution is 2.44. The minimum atomic E-state index is -1.17. The van der Waals surface area contributed by atoms with E-state index in [1.807, 2.05) is 18.2 Å². The van der Waals surface area contributed by atoms with Crippen LogP contribution in [0.1, 0.15) is 35.2 Å². The third kappa shape index (κ3) is 5.27. The number of hydrogen-bond donors (Lipinski definition) is 3. The number of benzene rings is 2. The summed E-state index contributed by atoms with van der Waals surface area (Å²) in [5.41, 5.74) is 9.30. The number of amides is 1. The van der Waals surface area contributed by atoms with Crippen molar-refractivity contribution in [3.63, 3.8) is 0 Å². The summed E-state index contributed by atoms with van der Waals surface area (Å²) in [6.07, 6.45) is 1.66. The van der Waals surface area contributed by atoms with Crippen LogP contribution in [0.2, 0.25) is 0 Å². The molecule has 0 bridgehead atoms. The maximum atomic E-state index is 14.2. The lowest BCUT2D eigenvalue weighted by molar-refractivity contribution is 0.0606. The second-order valence-electron chi connectivity index (χ2n) is 11.1. The van der Waals surface area contributed by atoms with Crippen LogP contribution in [-0.2, 0) is 13.0 Å². The monoisotopic (exact) mass is 565 g/mol. The number of carbonyl (C=O) groups is 1. The Hall–Kier alpha value is -3.60. The highest BCUT2D eigenvalue weighted by molar-refractivity contribution is 6.02. The fourth-order valence-electron chi connectivity index (χ4n) is 6.02. The van der Waals surface area contributed by atoms with E-state index in [-0.39, 0.29) is 45.2 Å². The molecule has 1 aliphatic carbocycles. The van der Waals surface area contributed by atoms with Crippen molar-refractivity contribution >= 4 is 27.8 Å². The van der Waals surface area contributed by atoms with Gasteiger partial charge in [0.2, 0.25) is 0 Å². The van der Waals surface area contributed by atoms with Crippen molar-refractivity contribution in [1.82, 2.24) is 9.47 Å². The molecule has 41 heavy (non-hydrogen) atoms. The maximum Gasteiger partial charge on any atom is 0.254 e. The topological polar surface area (TPSA) is 123 Å². The SMILES string of the molecule is COc1cc(C(=O)N2C[C@H](N)C[C@@H](F)C2)cc2oc(-c3cc4cccc(OCCO)c4n3CC3CC3)c(CCO)c12. The lowest BCUT2D eigenvalue weighted by Crippen LogP contribution is -2.50. The van der Waals surface area contributed by atoms with Gasteiger partial charge in [-0.1, -0.05) is 12.1 Å². The van der Waals surface area contributed by atoms with Gasteiger partial charge in [0.15, 0.2) is 5.76 Å². The van der Waals surface area contributed by atoms with E-state index in [1.54, 1.807) is 12.1 Å². The molecule has 0 spiro atoms. The van der Waals surface area contributed by atoms with Gasteiger partial charge in [0.05, 0.1) is 36.9 Å². The van der Waals surface area contributed by atoms with Gasteiger partial charge in [-0.15, -0.1) is 0 Å². The van der Waals surface area contributed by atoms with Gasteiger partial charge in [-0.2, -0.15) is 0 Å². The predicted molar refractivity (Wildman–Crippen MR) is 153 cm³/mol. The molecule has 1 saturated heterocycles. The smallest absolute Gasteiger partial charge is 0.254 e. The van der Waals surface area contributed by atoms with Crippen molar-refractivity contribution in [3.8, 4) is 23.0 Å². The van der Waals surface area contributed by atoms with E-state index >= 15 is 0 Å². The van der Waals surface area contributed by atoms with E-state index in [1.165, 1.54) is 12.0 Å². The number of nitrogens with zero attached hydrogens (tertiary/aromatic N) is 2. The number of aliphatic hydroxyl groups is 2. The summed E-state index contributed by atoms with van der Waals surface area (Å²) in [5.74, 6) is 1.91. The molecule has 0 unspecified atom stereocenters. The molecule has 2 aromatic heterocycles. The van der Waals surface area contributed by atoms with Crippen molar-refractivity contribution in [2.24, 2.45) is 11.7 Å². The van der Waals surface area contributed by atoms with Crippen LogP contribution in [0, 0.1) is 5.92 Å². The lowest BCUT2D eigenvalue weighted by Gasteiger charge is -2.33. The number of piperidine rings is 1. The van der Waals surface area contributed by atoms with Gasteiger partial charge >= 0.3 is 0 Å². The number of fused-ring (bicyclic) bond motifs is 2. The van der Waals surface area contributed by atoms with Gasteiger partial charge < -0.3 is 39.3 Å². The van der Waals surface area contributed by atoms with E-state index < -0.39 is 12.2 Å².